The third-order valence-corrected chi connectivity index (χ3v) is 3.20. The Morgan fingerprint density at radius 1 is 1.32 bits per heavy atom. The molecule has 4 nitrogen and oxygen atoms in total. The highest BCUT2D eigenvalue weighted by atomic mass is 35.5. The third kappa shape index (κ3) is 3.22. The van der Waals surface area contributed by atoms with Gasteiger partial charge in [0.15, 0.2) is 5.76 Å². The van der Waals surface area contributed by atoms with Gasteiger partial charge >= 0.3 is 0 Å². The number of carbonyl (C=O) groups excluding carboxylic acids is 1. The van der Waals surface area contributed by atoms with E-state index < -0.39 is 0 Å². The minimum atomic E-state index is -0.285. The molecule has 1 aromatic carbocycles. The van der Waals surface area contributed by atoms with Crippen LogP contribution in [0.5, 0.6) is 5.75 Å². The highest BCUT2D eigenvalue weighted by molar-refractivity contribution is 6.42. The lowest BCUT2D eigenvalue weighted by Gasteiger charge is -2.07. The summed E-state index contributed by atoms with van der Waals surface area (Å²) in [5, 5.41) is 3.24. The maximum atomic E-state index is 11.3. The topological polar surface area (TPSA) is 51.5 Å². The Labute approximate surface area is 120 Å². The van der Waals surface area contributed by atoms with Crippen molar-refractivity contribution in [3.8, 4) is 5.75 Å². The minimum absolute atomic E-state index is 0.164. The fraction of sp³-hybridized carbons (Fsp3) is 0.154. The van der Waals surface area contributed by atoms with Crippen molar-refractivity contribution in [1.29, 1.82) is 0 Å². The largest absolute Gasteiger partial charge is 0.484 e. The van der Waals surface area contributed by atoms with Crippen molar-refractivity contribution >= 4 is 29.1 Å². The standard InChI is InChI=1S/C13H11Cl2NO3/c1-16-13(17)11-6-5-8(19-11)7-18-10-4-2-3-9(14)12(10)15/h2-6H,7H2,1H3,(H,16,17). The number of benzene rings is 1. The van der Waals surface area contributed by atoms with E-state index in [0.29, 0.717) is 21.6 Å². The SMILES string of the molecule is CNC(=O)c1ccc(COc2cccc(Cl)c2Cl)o1. The van der Waals surface area contributed by atoms with Gasteiger partial charge in [0.1, 0.15) is 23.1 Å². The van der Waals surface area contributed by atoms with Gasteiger partial charge in [-0.05, 0) is 24.3 Å². The summed E-state index contributed by atoms with van der Waals surface area (Å²) >= 11 is 11.9. The maximum Gasteiger partial charge on any atom is 0.286 e. The molecular formula is C13H11Cl2NO3. The zero-order valence-electron chi connectivity index (χ0n) is 10.1. The van der Waals surface area contributed by atoms with Gasteiger partial charge < -0.3 is 14.5 Å². The molecule has 1 N–H and O–H groups in total. The second kappa shape index (κ2) is 5.99. The number of hydrogen-bond donors (Lipinski definition) is 1. The van der Waals surface area contributed by atoms with Crippen LogP contribution in [0.4, 0.5) is 0 Å². The normalized spacial score (nSPS) is 10.3. The molecule has 2 rings (SSSR count). The van der Waals surface area contributed by atoms with Crippen LogP contribution in [0.1, 0.15) is 16.3 Å². The first-order valence-corrected chi connectivity index (χ1v) is 6.25. The van der Waals surface area contributed by atoms with E-state index in [2.05, 4.69) is 5.32 Å². The van der Waals surface area contributed by atoms with Gasteiger partial charge in [-0.25, -0.2) is 0 Å². The summed E-state index contributed by atoms with van der Waals surface area (Å²) < 4.78 is 10.8. The Kier molecular flexibility index (Phi) is 4.35. The molecule has 6 heteroatoms. The van der Waals surface area contributed by atoms with Crippen LogP contribution < -0.4 is 10.1 Å². The summed E-state index contributed by atoms with van der Waals surface area (Å²) in [7, 11) is 1.53. The predicted octanol–water partition coefficient (Wildman–Crippen LogP) is 3.53. The first-order valence-electron chi connectivity index (χ1n) is 5.49. The molecule has 0 aliphatic heterocycles. The van der Waals surface area contributed by atoms with Crippen molar-refractivity contribution in [3.63, 3.8) is 0 Å². The van der Waals surface area contributed by atoms with E-state index in [1.54, 1.807) is 30.3 Å². The van der Waals surface area contributed by atoms with Gasteiger partial charge in [-0.1, -0.05) is 29.3 Å². The van der Waals surface area contributed by atoms with Gasteiger partial charge in [-0.15, -0.1) is 0 Å². The van der Waals surface area contributed by atoms with Gasteiger partial charge in [0.2, 0.25) is 0 Å². The number of furan rings is 1. The Bertz CT molecular complexity index is 595. The van der Waals surface area contributed by atoms with Crippen LogP contribution in [0.2, 0.25) is 10.0 Å². The molecule has 0 spiro atoms. The first kappa shape index (κ1) is 13.8. The summed E-state index contributed by atoms with van der Waals surface area (Å²) in [6.45, 7) is 0.164. The Morgan fingerprint density at radius 2 is 2.11 bits per heavy atom. The predicted molar refractivity (Wildman–Crippen MR) is 72.9 cm³/mol. The van der Waals surface area contributed by atoms with E-state index >= 15 is 0 Å². The highest BCUT2D eigenvalue weighted by Crippen LogP contribution is 2.31. The van der Waals surface area contributed by atoms with Crippen LogP contribution in [-0.2, 0) is 6.61 Å². The Morgan fingerprint density at radius 3 is 2.84 bits per heavy atom. The monoisotopic (exact) mass is 299 g/mol. The number of halogens is 2. The zero-order valence-corrected chi connectivity index (χ0v) is 11.6. The van der Waals surface area contributed by atoms with Crippen molar-refractivity contribution < 1.29 is 13.9 Å². The number of nitrogens with one attached hydrogen (secondary N) is 1. The summed E-state index contributed by atoms with van der Waals surface area (Å²) in [4.78, 5) is 11.3. The van der Waals surface area contributed by atoms with E-state index in [1.807, 2.05) is 0 Å². The molecule has 1 amide bonds. The van der Waals surface area contributed by atoms with E-state index in [-0.39, 0.29) is 18.3 Å². The number of carbonyl (C=O) groups is 1. The average molecular weight is 300 g/mol. The smallest absolute Gasteiger partial charge is 0.286 e. The summed E-state index contributed by atoms with van der Waals surface area (Å²) in [5.41, 5.74) is 0. The van der Waals surface area contributed by atoms with Crippen molar-refractivity contribution in [2.24, 2.45) is 0 Å². The molecule has 0 unspecified atom stereocenters. The van der Waals surface area contributed by atoms with Crippen LogP contribution >= 0.6 is 23.2 Å². The lowest BCUT2D eigenvalue weighted by atomic mass is 10.3. The van der Waals surface area contributed by atoms with E-state index in [9.17, 15) is 4.79 Å². The molecule has 19 heavy (non-hydrogen) atoms. The van der Waals surface area contributed by atoms with Gasteiger partial charge in [0.25, 0.3) is 5.91 Å². The van der Waals surface area contributed by atoms with Crippen LogP contribution in [0.25, 0.3) is 0 Å². The summed E-state index contributed by atoms with van der Waals surface area (Å²) in [6, 6.07) is 8.37. The van der Waals surface area contributed by atoms with Crippen molar-refractivity contribution in [2.75, 3.05) is 7.05 Å². The highest BCUT2D eigenvalue weighted by Gasteiger charge is 2.10. The minimum Gasteiger partial charge on any atom is -0.484 e. The van der Waals surface area contributed by atoms with Gasteiger partial charge in [0, 0.05) is 7.05 Å². The molecule has 1 heterocycles. The van der Waals surface area contributed by atoms with Crippen molar-refractivity contribution in [1.82, 2.24) is 5.32 Å². The molecule has 0 radical (unpaired) electrons. The van der Waals surface area contributed by atoms with Gasteiger partial charge in [0.05, 0.1) is 5.02 Å². The molecule has 0 aliphatic rings. The molecular weight excluding hydrogens is 289 g/mol. The molecule has 0 atom stereocenters. The van der Waals surface area contributed by atoms with E-state index in [1.165, 1.54) is 7.05 Å². The molecule has 100 valence electrons. The summed E-state index contributed by atoms with van der Waals surface area (Å²) in [6.07, 6.45) is 0. The van der Waals surface area contributed by atoms with Crippen LogP contribution in [0, 0.1) is 0 Å². The fourth-order valence-corrected chi connectivity index (χ4v) is 1.79. The summed E-state index contributed by atoms with van der Waals surface area (Å²) in [5.74, 6) is 0.937. The number of ether oxygens (including phenoxy) is 1. The van der Waals surface area contributed by atoms with Gasteiger partial charge in [-0.2, -0.15) is 0 Å². The second-order valence-electron chi connectivity index (χ2n) is 3.69. The lowest BCUT2D eigenvalue weighted by molar-refractivity contribution is 0.0931. The zero-order chi connectivity index (χ0) is 13.8. The molecule has 0 saturated heterocycles. The van der Waals surface area contributed by atoms with Crippen LogP contribution in [0.15, 0.2) is 34.7 Å². The lowest BCUT2D eigenvalue weighted by Crippen LogP contribution is -2.16. The molecule has 1 aromatic heterocycles. The van der Waals surface area contributed by atoms with E-state index in [4.69, 9.17) is 32.4 Å². The first-order chi connectivity index (χ1) is 9.11. The quantitative estimate of drug-likeness (QED) is 0.939. The van der Waals surface area contributed by atoms with Crippen molar-refractivity contribution in [3.05, 3.63) is 51.9 Å². The average Bonchev–Trinajstić information content (AvgIpc) is 2.88. The maximum absolute atomic E-state index is 11.3. The number of amides is 1. The van der Waals surface area contributed by atoms with Gasteiger partial charge in [-0.3, -0.25) is 4.79 Å². The van der Waals surface area contributed by atoms with Crippen molar-refractivity contribution in [2.45, 2.75) is 6.61 Å². The molecule has 0 saturated carbocycles. The molecule has 0 bridgehead atoms. The number of hydrogen-bond acceptors (Lipinski definition) is 3. The molecule has 0 fully saturated rings. The van der Waals surface area contributed by atoms with Crippen LogP contribution in [-0.4, -0.2) is 13.0 Å². The molecule has 2 aromatic rings. The second-order valence-corrected chi connectivity index (χ2v) is 4.47. The van der Waals surface area contributed by atoms with E-state index in [0.717, 1.165) is 0 Å². The van der Waals surface area contributed by atoms with Crippen LogP contribution in [0.3, 0.4) is 0 Å². The third-order valence-electron chi connectivity index (χ3n) is 2.40. The Balaban J connectivity index is 2.04. The fourth-order valence-electron chi connectivity index (χ4n) is 1.45. The number of rotatable bonds is 4. The Hall–Kier alpha value is -1.65. The molecule has 0 aliphatic carbocycles.